The third-order valence-corrected chi connectivity index (χ3v) is 8.42. The van der Waals surface area contributed by atoms with Crippen LogP contribution in [0, 0.1) is 0 Å². The molecule has 0 saturated heterocycles. The SMILES string of the molecule is CC[Si](CC)(CC)OC(C(F)=C(F)F)c1ccccc1. The van der Waals surface area contributed by atoms with Crippen LogP contribution < -0.4 is 0 Å². The maximum absolute atomic E-state index is 13.8. The molecule has 0 saturated carbocycles. The zero-order chi connectivity index (χ0) is 15.2. The molecule has 20 heavy (non-hydrogen) atoms. The number of benzene rings is 1. The lowest BCUT2D eigenvalue weighted by atomic mass is 10.1. The van der Waals surface area contributed by atoms with Crippen molar-refractivity contribution in [2.24, 2.45) is 0 Å². The molecule has 0 heterocycles. The zero-order valence-electron chi connectivity index (χ0n) is 12.1. The molecular weight excluding hydrogens is 281 g/mol. The molecule has 0 fully saturated rings. The molecule has 5 heteroatoms. The van der Waals surface area contributed by atoms with Gasteiger partial charge in [-0.3, -0.25) is 0 Å². The highest BCUT2D eigenvalue weighted by Gasteiger charge is 2.35. The third-order valence-electron chi connectivity index (χ3n) is 3.81. The molecule has 0 bridgehead atoms. The molecule has 0 aliphatic carbocycles. The van der Waals surface area contributed by atoms with Crippen molar-refractivity contribution in [1.29, 1.82) is 0 Å². The lowest BCUT2D eigenvalue weighted by Gasteiger charge is -2.32. The van der Waals surface area contributed by atoms with Gasteiger partial charge in [-0.05, 0) is 23.7 Å². The first kappa shape index (κ1) is 17.0. The van der Waals surface area contributed by atoms with E-state index in [1.165, 1.54) is 0 Å². The quantitative estimate of drug-likeness (QED) is 0.576. The summed E-state index contributed by atoms with van der Waals surface area (Å²) in [5, 5.41) is 0. The monoisotopic (exact) mass is 302 g/mol. The Morgan fingerprint density at radius 3 is 1.90 bits per heavy atom. The molecule has 0 amide bonds. The van der Waals surface area contributed by atoms with Crippen LogP contribution >= 0.6 is 0 Å². The lowest BCUT2D eigenvalue weighted by Crippen LogP contribution is -2.37. The second-order valence-corrected chi connectivity index (χ2v) is 9.48. The van der Waals surface area contributed by atoms with Gasteiger partial charge in [0.15, 0.2) is 14.1 Å². The Kier molecular flexibility index (Phi) is 6.49. The summed E-state index contributed by atoms with van der Waals surface area (Å²) < 4.78 is 45.1. The topological polar surface area (TPSA) is 9.23 Å². The predicted octanol–water partition coefficient (Wildman–Crippen LogP) is 5.83. The van der Waals surface area contributed by atoms with Gasteiger partial charge in [0.25, 0.3) is 0 Å². The van der Waals surface area contributed by atoms with Gasteiger partial charge in [-0.1, -0.05) is 51.1 Å². The van der Waals surface area contributed by atoms with Gasteiger partial charge in [-0.15, -0.1) is 0 Å². The summed E-state index contributed by atoms with van der Waals surface area (Å²) in [5.41, 5.74) is 0.435. The Morgan fingerprint density at radius 1 is 1.00 bits per heavy atom. The summed E-state index contributed by atoms with van der Waals surface area (Å²) >= 11 is 0. The molecule has 0 aliphatic rings. The fourth-order valence-electron chi connectivity index (χ4n) is 2.24. The standard InChI is InChI=1S/C15H21F3OSi/c1-4-20(5-2,6-3)19-14(13(16)15(17)18)12-10-8-7-9-11-12/h7-11,14H,4-6H2,1-3H3. The smallest absolute Gasteiger partial charge is 0.304 e. The van der Waals surface area contributed by atoms with Crippen molar-refractivity contribution in [3.8, 4) is 0 Å². The van der Waals surface area contributed by atoms with E-state index in [2.05, 4.69) is 0 Å². The first-order chi connectivity index (χ1) is 9.49. The normalized spacial score (nSPS) is 13.1. The van der Waals surface area contributed by atoms with E-state index in [9.17, 15) is 13.2 Å². The summed E-state index contributed by atoms with van der Waals surface area (Å²) in [5.74, 6) is -1.47. The van der Waals surface area contributed by atoms with Crippen molar-refractivity contribution in [2.45, 2.75) is 45.0 Å². The molecule has 0 aromatic heterocycles. The van der Waals surface area contributed by atoms with Crippen LogP contribution in [-0.2, 0) is 4.43 Å². The highest BCUT2D eigenvalue weighted by atomic mass is 28.4. The minimum Gasteiger partial charge on any atom is -0.403 e. The van der Waals surface area contributed by atoms with Crippen molar-refractivity contribution >= 4 is 8.32 Å². The summed E-state index contributed by atoms with van der Waals surface area (Å²) in [6, 6.07) is 10.7. The maximum atomic E-state index is 13.8. The highest BCUT2D eigenvalue weighted by molar-refractivity contribution is 6.73. The van der Waals surface area contributed by atoms with Crippen LogP contribution in [0.15, 0.2) is 42.2 Å². The van der Waals surface area contributed by atoms with Crippen molar-refractivity contribution < 1.29 is 17.6 Å². The van der Waals surface area contributed by atoms with Gasteiger partial charge < -0.3 is 4.43 Å². The molecule has 112 valence electrons. The largest absolute Gasteiger partial charge is 0.403 e. The van der Waals surface area contributed by atoms with Gasteiger partial charge in [-0.2, -0.15) is 8.78 Å². The number of hydrogen-bond donors (Lipinski definition) is 0. The van der Waals surface area contributed by atoms with Gasteiger partial charge in [0, 0.05) is 0 Å². The van der Waals surface area contributed by atoms with E-state index in [-0.39, 0.29) is 0 Å². The molecule has 0 spiro atoms. The van der Waals surface area contributed by atoms with Crippen molar-refractivity contribution in [3.05, 3.63) is 47.8 Å². The van der Waals surface area contributed by atoms with E-state index in [0.717, 1.165) is 18.1 Å². The van der Waals surface area contributed by atoms with E-state index >= 15 is 0 Å². The Bertz CT molecular complexity index is 431. The van der Waals surface area contributed by atoms with Gasteiger partial charge in [0.2, 0.25) is 0 Å². The number of rotatable bonds is 7. The Balaban J connectivity index is 3.17. The van der Waals surface area contributed by atoms with E-state index in [0.29, 0.717) is 5.56 Å². The average molecular weight is 302 g/mol. The van der Waals surface area contributed by atoms with Gasteiger partial charge >= 0.3 is 6.08 Å². The predicted molar refractivity (Wildman–Crippen MR) is 77.8 cm³/mol. The molecular formula is C15H21F3OSi. The van der Waals surface area contributed by atoms with E-state index in [1.807, 2.05) is 20.8 Å². The molecule has 1 nitrogen and oxygen atoms in total. The highest BCUT2D eigenvalue weighted by Crippen LogP contribution is 2.36. The van der Waals surface area contributed by atoms with E-state index in [4.69, 9.17) is 4.43 Å². The molecule has 1 unspecified atom stereocenters. The Hall–Kier alpha value is -1.07. The Labute approximate surface area is 119 Å². The van der Waals surface area contributed by atoms with Crippen molar-refractivity contribution in [2.75, 3.05) is 0 Å². The van der Waals surface area contributed by atoms with E-state index in [1.54, 1.807) is 30.3 Å². The molecule has 1 aromatic carbocycles. The molecule has 1 rings (SSSR count). The minimum atomic E-state index is -2.30. The van der Waals surface area contributed by atoms with Gasteiger partial charge in [-0.25, -0.2) is 4.39 Å². The lowest BCUT2D eigenvalue weighted by molar-refractivity contribution is 0.181. The fraction of sp³-hybridized carbons (Fsp3) is 0.467. The van der Waals surface area contributed by atoms with Crippen LogP contribution in [0.2, 0.25) is 18.1 Å². The number of halogens is 3. The second kappa shape index (κ2) is 7.64. The summed E-state index contributed by atoms with van der Waals surface area (Å²) in [6.07, 6.45) is -3.59. The zero-order valence-corrected chi connectivity index (χ0v) is 13.1. The summed E-state index contributed by atoms with van der Waals surface area (Å²) in [6.45, 7) is 5.94. The first-order valence-corrected chi connectivity index (χ1v) is 9.46. The average Bonchev–Trinajstić information content (AvgIpc) is 2.49. The van der Waals surface area contributed by atoms with Gasteiger partial charge in [0.1, 0.15) is 6.10 Å². The fourth-order valence-corrected chi connectivity index (χ4v) is 4.98. The van der Waals surface area contributed by atoms with Crippen molar-refractivity contribution in [3.63, 3.8) is 0 Å². The first-order valence-electron chi connectivity index (χ1n) is 6.93. The van der Waals surface area contributed by atoms with Crippen LogP contribution in [-0.4, -0.2) is 8.32 Å². The van der Waals surface area contributed by atoms with Crippen LogP contribution in [0.4, 0.5) is 13.2 Å². The van der Waals surface area contributed by atoms with Crippen LogP contribution in [0.1, 0.15) is 32.4 Å². The minimum absolute atomic E-state index is 0.435. The van der Waals surface area contributed by atoms with Gasteiger partial charge in [0.05, 0.1) is 0 Å². The molecule has 0 N–H and O–H groups in total. The van der Waals surface area contributed by atoms with Crippen LogP contribution in [0.5, 0.6) is 0 Å². The molecule has 0 aliphatic heterocycles. The maximum Gasteiger partial charge on any atom is 0.304 e. The Morgan fingerprint density at radius 2 is 1.50 bits per heavy atom. The summed E-state index contributed by atoms with van der Waals surface area (Å²) in [7, 11) is -2.18. The van der Waals surface area contributed by atoms with E-state index < -0.39 is 26.3 Å². The summed E-state index contributed by atoms with van der Waals surface area (Å²) in [4.78, 5) is 0. The third kappa shape index (κ3) is 3.96. The molecule has 1 aromatic rings. The number of hydrogen-bond acceptors (Lipinski definition) is 1. The van der Waals surface area contributed by atoms with Crippen molar-refractivity contribution in [1.82, 2.24) is 0 Å². The second-order valence-electron chi connectivity index (χ2n) is 4.76. The van der Waals surface area contributed by atoms with Crippen LogP contribution in [0.25, 0.3) is 0 Å². The van der Waals surface area contributed by atoms with Crippen LogP contribution in [0.3, 0.4) is 0 Å². The molecule has 1 atom stereocenters. The molecule has 0 radical (unpaired) electrons.